The molecule has 1 aliphatic carbocycles. The number of halogens is 2. The van der Waals surface area contributed by atoms with Gasteiger partial charge in [-0.05, 0) is 42.4 Å². The van der Waals surface area contributed by atoms with Gasteiger partial charge in [0.05, 0.1) is 10.0 Å². The van der Waals surface area contributed by atoms with E-state index in [0.717, 1.165) is 4.90 Å². The summed E-state index contributed by atoms with van der Waals surface area (Å²) < 4.78 is 5.78. The van der Waals surface area contributed by atoms with E-state index in [0.29, 0.717) is 0 Å². The first-order chi connectivity index (χ1) is 12.5. The van der Waals surface area contributed by atoms with Crippen LogP contribution in [0.5, 0.6) is 5.75 Å². The number of amides is 1. The number of hydrogen-bond acceptors (Lipinski definition) is 4. The van der Waals surface area contributed by atoms with Gasteiger partial charge in [0, 0.05) is 12.6 Å². The molecule has 8 heteroatoms. The van der Waals surface area contributed by atoms with Crippen LogP contribution in [0.1, 0.15) is 24.2 Å². The van der Waals surface area contributed by atoms with Gasteiger partial charge in [-0.1, -0.05) is 37.0 Å². The lowest BCUT2D eigenvalue weighted by Crippen LogP contribution is -2.33. The highest BCUT2D eigenvalue weighted by Gasteiger charge is 2.28. The van der Waals surface area contributed by atoms with Crippen LogP contribution < -0.4 is 4.74 Å². The number of carbonyl (C=O) groups is 2. The molecule has 0 spiro atoms. The predicted molar refractivity (Wildman–Crippen MR) is 104 cm³/mol. The van der Waals surface area contributed by atoms with Crippen molar-refractivity contribution in [2.45, 2.75) is 25.6 Å². The lowest BCUT2D eigenvalue weighted by molar-refractivity contribution is -0.137. The molecule has 0 radical (unpaired) electrons. The van der Waals surface area contributed by atoms with E-state index < -0.39 is 30.1 Å². The smallest absolute Gasteiger partial charge is 0.323 e. The summed E-state index contributed by atoms with van der Waals surface area (Å²) in [5, 5.41) is 19.4. The van der Waals surface area contributed by atoms with Crippen molar-refractivity contribution in [3.8, 4) is 5.75 Å². The van der Waals surface area contributed by atoms with E-state index in [1.54, 1.807) is 24.3 Å². The number of hydrogen-bond donors (Lipinski definition) is 2. The average Bonchev–Trinajstić information content (AvgIpc) is 2.58. The Balaban J connectivity index is 2.18. The number of ether oxygens (including phenoxy) is 1. The third-order valence-electron chi connectivity index (χ3n) is 4.25. The number of carboxylic acids is 1. The number of aliphatic hydroxyl groups is 1. The fourth-order valence-electron chi connectivity index (χ4n) is 2.51. The Hall–Kier alpha value is -2.02. The van der Waals surface area contributed by atoms with Crippen LogP contribution in [-0.2, 0) is 4.79 Å². The van der Waals surface area contributed by atoms with Gasteiger partial charge >= 0.3 is 5.97 Å². The van der Waals surface area contributed by atoms with Crippen molar-refractivity contribution in [1.82, 2.24) is 4.90 Å². The highest BCUT2D eigenvalue weighted by Crippen LogP contribution is 2.36. The monoisotopic (exact) mass is 413 g/mol. The van der Waals surface area contributed by atoms with Crippen LogP contribution >= 0.6 is 23.2 Å². The molecule has 0 fully saturated rings. The third-order valence-corrected chi connectivity index (χ3v) is 4.81. The molecule has 0 aromatic heterocycles. The van der Waals surface area contributed by atoms with Gasteiger partial charge in [-0.3, -0.25) is 9.59 Å². The van der Waals surface area contributed by atoms with Crippen LogP contribution in [0.4, 0.5) is 0 Å². The van der Waals surface area contributed by atoms with E-state index in [9.17, 15) is 14.7 Å². The number of carboxylic acid groups (broad SMARTS) is 1. The van der Waals surface area contributed by atoms with Crippen LogP contribution in [0.2, 0.25) is 10.0 Å². The highest BCUT2D eigenvalue weighted by molar-refractivity contribution is 6.37. The minimum Gasteiger partial charge on any atom is -0.480 e. The first-order valence-electron chi connectivity index (χ1n) is 8.27. The molecule has 0 saturated heterocycles. The summed E-state index contributed by atoms with van der Waals surface area (Å²) in [6, 6.07) is 2.76. The summed E-state index contributed by atoms with van der Waals surface area (Å²) in [6.45, 7) is 3.37. The number of nitrogens with zero attached hydrogens (tertiary/aromatic N) is 1. The quantitative estimate of drug-likeness (QED) is 0.697. The minimum absolute atomic E-state index is 0.00575. The molecule has 1 aliphatic rings. The number of rotatable bonds is 6. The Morgan fingerprint density at radius 1 is 1.22 bits per heavy atom. The normalized spacial score (nSPS) is 21.4. The molecule has 1 aromatic rings. The van der Waals surface area contributed by atoms with E-state index in [1.807, 2.05) is 13.8 Å². The van der Waals surface area contributed by atoms with Crippen molar-refractivity contribution in [3.63, 3.8) is 0 Å². The number of likely N-dealkylation sites (N-methyl/N-ethyl adjacent to an activating group) is 1. The summed E-state index contributed by atoms with van der Waals surface area (Å²) in [6.07, 6.45) is 6.24. The van der Waals surface area contributed by atoms with E-state index >= 15 is 0 Å². The van der Waals surface area contributed by atoms with Crippen molar-refractivity contribution >= 4 is 35.1 Å². The summed E-state index contributed by atoms with van der Waals surface area (Å²) >= 11 is 12.4. The second-order valence-corrected chi connectivity index (χ2v) is 7.48. The van der Waals surface area contributed by atoms with Gasteiger partial charge in [0.1, 0.15) is 18.2 Å². The van der Waals surface area contributed by atoms with Crippen molar-refractivity contribution < 1.29 is 24.5 Å². The van der Waals surface area contributed by atoms with Crippen LogP contribution in [-0.4, -0.2) is 52.3 Å². The summed E-state index contributed by atoms with van der Waals surface area (Å²) in [5.74, 6) is -1.44. The van der Waals surface area contributed by atoms with E-state index in [1.165, 1.54) is 19.2 Å². The molecule has 1 aromatic carbocycles. The maximum absolute atomic E-state index is 12.3. The first kappa shape index (κ1) is 21.3. The van der Waals surface area contributed by atoms with Crippen molar-refractivity contribution in [1.29, 1.82) is 0 Å². The zero-order valence-electron chi connectivity index (χ0n) is 15.1. The Bertz CT molecular complexity index is 766. The Labute approximate surface area is 167 Å². The number of carbonyl (C=O) groups excluding carboxylic acids is 1. The molecule has 6 nitrogen and oxygen atoms in total. The second-order valence-electron chi connectivity index (χ2n) is 6.67. The minimum atomic E-state index is -1.12. The fourth-order valence-corrected chi connectivity index (χ4v) is 3.08. The Kier molecular flexibility index (Phi) is 6.57. The van der Waals surface area contributed by atoms with Gasteiger partial charge in [-0.15, -0.1) is 0 Å². The van der Waals surface area contributed by atoms with Gasteiger partial charge in [0.15, 0.2) is 5.75 Å². The largest absolute Gasteiger partial charge is 0.480 e. The van der Waals surface area contributed by atoms with Crippen molar-refractivity contribution in [3.05, 3.63) is 52.0 Å². The fraction of sp³-hybridized carbons (Fsp3) is 0.368. The molecule has 2 N–H and O–H groups in total. The van der Waals surface area contributed by atoms with Gasteiger partial charge in [-0.2, -0.15) is 0 Å². The van der Waals surface area contributed by atoms with E-state index in [2.05, 4.69) is 0 Å². The summed E-state index contributed by atoms with van der Waals surface area (Å²) in [4.78, 5) is 24.1. The lowest BCUT2D eigenvalue weighted by Gasteiger charge is -2.29. The molecule has 0 aliphatic heterocycles. The van der Waals surface area contributed by atoms with Gasteiger partial charge in [0.2, 0.25) is 0 Å². The molecule has 0 unspecified atom stereocenters. The SMILES string of the molecule is CC(C)C1(O)C=CC(Oc2c(Cl)cc(C(=O)N(C)CC(=O)O)cc2Cl)C=C1. The summed E-state index contributed by atoms with van der Waals surface area (Å²) in [7, 11) is 1.37. The van der Waals surface area contributed by atoms with Crippen LogP contribution in [0.15, 0.2) is 36.4 Å². The third kappa shape index (κ3) is 5.03. The average molecular weight is 414 g/mol. The molecule has 0 bridgehead atoms. The van der Waals surface area contributed by atoms with Crippen LogP contribution in [0.25, 0.3) is 0 Å². The maximum atomic E-state index is 12.3. The zero-order chi connectivity index (χ0) is 20.4. The standard InChI is InChI=1S/C19H21Cl2NO5/c1-11(2)19(26)6-4-13(5-7-19)27-17-14(20)8-12(9-15(17)21)18(25)22(3)10-16(23)24/h4-9,11,13,26H,10H2,1-3H3,(H,23,24). The van der Waals surface area contributed by atoms with Crippen LogP contribution in [0.3, 0.4) is 0 Å². The van der Waals surface area contributed by atoms with Gasteiger partial charge in [0.25, 0.3) is 5.91 Å². The zero-order valence-corrected chi connectivity index (χ0v) is 16.7. The number of aliphatic carboxylic acids is 1. The second kappa shape index (κ2) is 8.33. The van der Waals surface area contributed by atoms with Crippen molar-refractivity contribution in [2.75, 3.05) is 13.6 Å². The van der Waals surface area contributed by atoms with Crippen molar-refractivity contribution in [2.24, 2.45) is 5.92 Å². The number of benzene rings is 1. The predicted octanol–water partition coefficient (Wildman–Crippen LogP) is 3.41. The van der Waals surface area contributed by atoms with E-state index in [4.69, 9.17) is 33.0 Å². The van der Waals surface area contributed by atoms with Gasteiger partial charge < -0.3 is 19.8 Å². The molecule has 146 valence electrons. The Morgan fingerprint density at radius 3 is 2.19 bits per heavy atom. The maximum Gasteiger partial charge on any atom is 0.323 e. The molecule has 0 saturated carbocycles. The van der Waals surface area contributed by atoms with Gasteiger partial charge in [-0.25, -0.2) is 0 Å². The molecule has 27 heavy (non-hydrogen) atoms. The molecular formula is C19H21Cl2NO5. The molecule has 1 amide bonds. The molecule has 2 rings (SSSR count). The topological polar surface area (TPSA) is 87.1 Å². The molecular weight excluding hydrogens is 393 g/mol. The Morgan fingerprint density at radius 2 is 1.74 bits per heavy atom. The van der Waals surface area contributed by atoms with E-state index in [-0.39, 0.29) is 27.3 Å². The van der Waals surface area contributed by atoms with Crippen LogP contribution in [0, 0.1) is 5.92 Å². The highest BCUT2D eigenvalue weighted by atomic mass is 35.5. The molecule has 0 atom stereocenters. The lowest BCUT2D eigenvalue weighted by atomic mass is 9.86. The summed E-state index contributed by atoms with van der Waals surface area (Å²) in [5.41, 5.74) is -0.872. The first-order valence-corrected chi connectivity index (χ1v) is 9.03. The molecule has 0 heterocycles.